The third-order valence-electron chi connectivity index (χ3n) is 5.66. The van der Waals surface area contributed by atoms with E-state index in [1.165, 1.54) is 65.0 Å². The van der Waals surface area contributed by atoms with Gasteiger partial charge in [-0.3, -0.25) is 19.1 Å². The zero-order valence-corrected chi connectivity index (χ0v) is 22.2. The van der Waals surface area contributed by atoms with Crippen molar-refractivity contribution in [2.24, 2.45) is 0 Å². The minimum Gasteiger partial charge on any atom is -0.383 e. The lowest BCUT2D eigenvalue weighted by Gasteiger charge is -2.17. The molecule has 0 radical (unpaired) electrons. The predicted octanol–water partition coefficient (Wildman–Crippen LogP) is 5.27. The Morgan fingerprint density at radius 3 is 2.21 bits per heavy atom. The normalized spacial score (nSPS) is 13.2. The second kappa shape index (κ2) is 14.3. The van der Waals surface area contributed by atoms with Crippen LogP contribution in [0.1, 0.15) is 66.6 Å². The summed E-state index contributed by atoms with van der Waals surface area (Å²) in [7, 11) is 0. The van der Waals surface area contributed by atoms with Gasteiger partial charge in [0, 0.05) is 6.20 Å². The number of halogens is 3. The number of nitrogens with zero attached hydrogens (tertiary/aromatic N) is 3. The third kappa shape index (κ3) is 8.14. The van der Waals surface area contributed by atoms with Gasteiger partial charge in [0.15, 0.2) is 0 Å². The minimum absolute atomic E-state index is 0.199. The van der Waals surface area contributed by atoms with Crippen LogP contribution >= 0.6 is 0 Å². The lowest BCUT2D eigenvalue weighted by molar-refractivity contribution is -0.137. The van der Waals surface area contributed by atoms with E-state index in [9.17, 15) is 22.8 Å². The Labute approximate surface area is 220 Å². The molecule has 0 aliphatic carbocycles. The first-order chi connectivity index (χ1) is 18.1. The molecular formula is C27H35F3N6O2. The van der Waals surface area contributed by atoms with Gasteiger partial charge in [0.2, 0.25) is 0 Å². The maximum Gasteiger partial charge on any atom is 0.416 e. The number of amides is 1. The van der Waals surface area contributed by atoms with Gasteiger partial charge in [-0.2, -0.15) is 13.2 Å². The third-order valence-corrected chi connectivity index (χ3v) is 5.66. The lowest BCUT2D eigenvalue weighted by Crippen LogP contribution is -2.31. The van der Waals surface area contributed by atoms with Crippen molar-refractivity contribution in [3.63, 3.8) is 0 Å². The Bertz CT molecular complexity index is 1220. The monoisotopic (exact) mass is 532 g/mol. The lowest BCUT2D eigenvalue weighted by atomic mass is 10.0. The van der Waals surface area contributed by atoms with Crippen molar-refractivity contribution in [3.05, 3.63) is 75.6 Å². The maximum absolute atomic E-state index is 13.0. The van der Waals surface area contributed by atoms with Crippen molar-refractivity contribution in [1.82, 2.24) is 19.9 Å². The van der Waals surface area contributed by atoms with Gasteiger partial charge >= 0.3 is 6.18 Å². The van der Waals surface area contributed by atoms with Gasteiger partial charge in [-0.15, -0.1) is 0 Å². The van der Waals surface area contributed by atoms with Gasteiger partial charge in [0.25, 0.3) is 11.5 Å². The maximum atomic E-state index is 13.0. The molecule has 4 N–H and O–H groups in total. The predicted molar refractivity (Wildman–Crippen MR) is 144 cm³/mol. The molecule has 2 aromatic heterocycles. The Balaban J connectivity index is 0.000000481. The molecule has 1 saturated heterocycles. The number of nitrogens with one attached hydrogen (secondary N) is 2. The summed E-state index contributed by atoms with van der Waals surface area (Å²) in [4.78, 5) is 33.3. The van der Waals surface area contributed by atoms with Crippen molar-refractivity contribution < 1.29 is 18.0 Å². The summed E-state index contributed by atoms with van der Waals surface area (Å²) in [6, 6.07) is 5.02. The number of aryl methyl sites for hydroxylation is 2. The van der Waals surface area contributed by atoms with E-state index in [1.54, 1.807) is 12.1 Å². The average molecular weight is 533 g/mol. The van der Waals surface area contributed by atoms with Crippen LogP contribution in [0, 0.1) is 13.8 Å². The van der Waals surface area contributed by atoms with Crippen LogP contribution in [0.4, 0.5) is 24.7 Å². The van der Waals surface area contributed by atoms with Crippen LogP contribution in [-0.4, -0.2) is 33.5 Å². The Kier molecular flexibility index (Phi) is 11.5. The number of hydrogen-bond acceptors (Lipinski definition) is 6. The van der Waals surface area contributed by atoms with Gasteiger partial charge < -0.3 is 16.4 Å². The Hall–Kier alpha value is -3.73. The summed E-state index contributed by atoms with van der Waals surface area (Å²) < 4.78 is 40.1. The van der Waals surface area contributed by atoms with Crippen molar-refractivity contribution in [2.45, 2.75) is 59.6 Å². The smallest absolute Gasteiger partial charge is 0.383 e. The van der Waals surface area contributed by atoms with Crippen LogP contribution in [-0.2, 0) is 6.18 Å². The highest BCUT2D eigenvalue weighted by Crippen LogP contribution is 2.32. The molecular weight excluding hydrogens is 497 g/mol. The number of pyridine rings is 1. The van der Waals surface area contributed by atoms with Gasteiger partial charge in [-0.05, 0) is 75.2 Å². The molecule has 11 heteroatoms. The molecule has 0 bridgehead atoms. The number of carbonyl (C=O) groups excluding carboxylic acids is 1. The van der Waals surface area contributed by atoms with Gasteiger partial charge in [-0.25, -0.2) is 4.98 Å². The largest absolute Gasteiger partial charge is 0.416 e. The van der Waals surface area contributed by atoms with Crippen molar-refractivity contribution >= 4 is 17.4 Å². The number of nitrogens with two attached hydrogens (primary N) is 1. The minimum atomic E-state index is -4.52. The average Bonchev–Trinajstić information content (AvgIpc) is 3.20. The molecule has 1 aliphatic rings. The van der Waals surface area contributed by atoms with Crippen LogP contribution in [0.15, 0.2) is 47.8 Å². The number of benzene rings is 1. The number of carbonyl (C=O) groups is 1. The molecule has 4 rings (SSSR count). The van der Waals surface area contributed by atoms with Crippen molar-refractivity contribution in [3.8, 4) is 5.69 Å². The Morgan fingerprint density at radius 2 is 1.68 bits per heavy atom. The molecule has 1 fully saturated rings. The van der Waals surface area contributed by atoms with Gasteiger partial charge in [-0.1, -0.05) is 26.7 Å². The van der Waals surface area contributed by atoms with Crippen molar-refractivity contribution in [1.29, 1.82) is 0 Å². The van der Waals surface area contributed by atoms with Crippen LogP contribution < -0.4 is 21.9 Å². The molecule has 8 nitrogen and oxygen atoms in total. The molecule has 1 aliphatic heterocycles. The summed E-state index contributed by atoms with van der Waals surface area (Å²) >= 11 is 0. The number of rotatable bonds is 3. The zero-order valence-electron chi connectivity index (χ0n) is 22.2. The molecule has 3 aromatic rings. The van der Waals surface area contributed by atoms with E-state index < -0.39 is 28.8 Å². The standard InChI is InChI=1S/C19H16F3N5O2.C6H13N.C2H6/c1-10-6-12(19(20,21)22)7-11(2)15(10)27-9-25-16(23)14(18(27)29)17(28)26-13-4-3-5-24-8-13;1-2-4-6-7-5-3-1;1-2/h3-9H,23H2,1-2H3,(H,26,28);7H,1-6H2;1-2H3. The first-order valence-corrected chi connectivity index (χ1v) is 12.6. The Morgan fingerprint density at radius 1 is 1.08 bits per heavy atom. The summed E-state index contributed by atoms with van der Waals surface area (Å²) in [6.07, 6.45) is 5.11. The molecule has 0 spiro atoms. The fourth-order valence-electron chi connectivity index (χ4n) is 3.95. The molecule has 0 unspecified atom stereocenters. The van der Waals surface area contributed by atoms with E-state index in [0.717, 1.165) is 23.0 Å². The molecule has 3 heterocycles. The molecule has 0 saturated carbocycles. The van der Waals surface area contributed by atoms with Gasteiger partial charge in [0.05, 0.1) is 23.1 Å². The van der Waals surface area contributed by atoms with E-state index in [1.807, 2.05) is 13.8 Å². The number of nitrogen functional groups attached to an aromatic ring is 1. The molecule has 206 valence electrons. The fourth-order valence-corrected chi connectivity index (χ4v) is 3.95. The summed E-state index contributed by atoms with van der Waals surface area (Å²) in [6.45, 7) is 9.38. The summed E-state index contributed by atoms with van der Waals surface area (Å²) in [5.41, 5.74) is 4.62. The second-order valence-electron chi connectivity index (χ2n) is 8.50. The summed E-state index contributed by atoms with van der Waals surface area (Å²) in [5.74, 6) is -1.10. The SMILES string of the molecule is C1CCCNCC1.CC.Cc1cc(C(F)(F)F)cc(C)c1-n1cnc(N)c(C(=O)Nc2cccnc2)c1=O. The topological polar surface area (TPSA) is 115 Å². The van der Waals surface area contributed by atoms with E-state index in [2.05, 4.69) is 20.6 Å². The first-order valence-electron chi connectivity index (χ1n) is 12.6. The van der Waals surface area contributed by atoms with E-state index in [0.29, 0.717) is 5.69 Å². The highest BCUT2D eigenvalue weighted by Gasteiger charge is 2.32. The highest BCUT2D eigenvalue weighted by molar-refractivity contribution is 6.06. The quantitative estimate of drug-likeness (QED) is 0.423. The van der Waals surface area contributed by atoms with Gasteiger partial charge in [0.1, 0.15) is 17.7 Å². The molecule has 38 heavy (non-hydrogen) atoms. The number of aromatic nitrogens is 3. The molecule has 1 amide bonds. The highest BCUT2D eigenvalue weighted by atomic mass is 19.4. The van der Waals surface area contributed by atoms with E-state index >= 15 is 0 Å². The van der Waals surface area contributed by atoms with Crippen molar-refractivity contribution in [2.75, 3.05) is 24.1 Å². The number of anilines is 2. The van der Waals surface area contributed by atoms with Crippen LogP contribution in [0.25, 0.3) is 5.69 Å². The second-order valence-corrected chi connectivity index (χ2v) is 8.50. The van der Waals surface area contributed by atoms with Crippen LogP contribution in [0.5, 0.6) is 0 Å². The van der Waals surface area contributed by atoms with E-state index in [-0.39, 0.29) is 22.6 Å². The zero-order chi connectivity index (χ0) is 28.3. The molecule has 0 atom stereocenters. The fraction of sp³-hybridized carbons (Fsp3) is 0.407. The first kappa shape index (κ1) is 30.5. The number of hydrogen-bond donors (Lipinski definition) is 3. The summed E-state index contributed by atoms with van der Waals surface area (Å²) in [5, 5.41) is 5.84. The molecule has 1 aromatic carbocycles. The van der Waals surface area contributed by atoms with Crippen LogP contribution in [0.3, 0.4) is 0 Å². The van der Waals surface area contributed by atoms with E-state index in [4.69, 9.17) is 5.73 Å². The van der Waals surface area contributed by atoms with Crippen LogP contribution in [0.2, 0.25) is 0 Å². The number of alkyl halides is 3.